The van der Waals surface area contributed by atoms with Crippen molar-refractivity contribution < 1.29 is 39.5 Å². The van der Waals surface area contributed by atoms with E-state index in [-0.39, 0.29) is 29.6 Å². The maximum absolute atomic E-state index is 9.76. The van der Waals surface area contributed by atoms with Gasteiger partial charge in [-0.1, -0.05) is 13.3 Å². The molecule has 0 atom stereocenters. The molecule has 0 radical (unpaired) electrons. The van der Waals surface area contributed by atoms with Crippen LogP contribution in [0, 0.1) is 11.8 Å². The van der Waals surface area contributed by atoms with E-state index in [1.807, 2.05) is 6.92 Å². The fourth-order valence-corrected chi connectivity index (χ4v) is 0.328. The minimum absolute atomic E-state index is 0. The van der Waals surface area contributed by atoms with Gasteiger partial charge in [-0.05, 0) is 6.42 Å². The van der Waals surface area contributed by atoms with Crippen molar-refractivity contribution in [1.82, 2.24) is 0 Å². The first-order valence-corrected chi connectivity index (χ1v) is 2.71. The van der Waals surface area contributed by atoms with E-state index in [9.17, 15) is 4.79 Å². The predicted molar refractivity (Wildman–Crippen MR) is 32.1 cm³/mol. The predicted octanol–water partition coefficient (Wildman–Crippen LogP) is -1.64. The quantitative estimate of drug-likeness (QED) is 0.389. The van der Waals surface area contributed by atoms with E-state index in [1.54, 1.807) is 0 Å². The Morgan fingerprint density at radius 1 is 1.60 bits per heavy atom. The van der Waals surface area contributed by atoms with E-state index in [2.05, 4.69) is 0 Å². The molecule has 1 N–H and O–H groups in total. The molecule has 0 aromatic heterocycles. The summed E-state index contributed by atoms with van der Waals surface area (Å²) in [5.41, 5.74) is 0. The van der Waals surface area contributed by atoms with Gasteiger partial charge in [-0.3, -0.25) is 4.79 Å². The van der Waals surface area contributed by atoms with Gasteiger partial charge in [0.15, 0.2) is 0 Å². The molecule has 0 aliphatic heterocycles. The van der Waals surface area contributed by atoms with Crippen LogP contribution in [0.15, 0.2) is 0 Å². The summed E-state index contributed by atoms with van der Waals surface area (Å²) in [4.78, 5) is 9.76. The summed E-state index contributed by atoms with van der Waals surface area (Å²) in [6, 6.07) is 0. The molecule has 0 aromatic rings. The Labute approximate surface area is 83.3 Å². The molecule has 0 rings (SSSR count). The number of carboxylic acids is 1. The van der Waals surface area contributed by atoms with Crippen LogP contribution >= 0.6 is 0 Å². The van der Waals surface area contributed by atoms with Crippen LogP contribution < -0.4 is 29.6 Å². The molecule has 10 heavy (non-hydrogen) atoms. The normalized spacial score (nSPS) is 6.30. The summed E-state index contributed by atoms with van der Waals surface area (Å²) in [5, 5.41) is 14.3. The molecular formula is C6H10NNaO2. The van der Waals surface area contributed by atoms with Gasteiger partial charge in [0.25, 0.3) is 0 Å². The number of rotatable bonds is 3. The molecule has 0 aliphatic carbocycles. The van der Waals surface area contributed by atoms with Gasteiger partial charge in [-0.15, -0.1) is 0 Å². The van der Waals surface area contributed by atoms with Gasteiger partial charge in [0.1, 0.15) is 0 Å². The third-order valence-electron chi connectivity index (χ3n) is 0.744. The topological polar surface area (TPSA) is 61.1 Å². The molecule has 0 amide bonds. The standard InChI is InChI=1S/C5H10O2.CN.Na/c1-2-3-4-5(6)7;1-2;/h2-4H2,1H3,(H,6,7);;/q;-1;+1. The minimum atomic E-state index is -0.693. The van der Waals surface area contributed by atoms with Gasteiger partial charge < -0.3 is 16.9 Å². The molecule has 0 unspecified atom stereocenters. The van der Waals surface area contributed by atoms with Crippen molar-refractivity contribution in [1.29, 1.82) is 5.26 Å². The SMILES string of the molecule is CCCCC(=O)O.[C-]#N.[Na+]. The van der Waals surface area contributed by atoms with Crippen LogP contribution in [0.3, 0.4) is 0 Å². The Kier molecular flexibility index (Phi) is 26.4. The molecule has 0 spiro atoms. The van der Waals surface area contributed by atoms with Crippen LogP contribution in [0.25, 0.3) is 0 Å². The van der Waals surface area contributed by atoms with E-state index < -0.39 is 5.97 Å². The number of carbonyl (C=O) groups is 1. The zero-order valence-electron chi connectivity index (χ0n) is 6.42. The Hall–Kier alpha value is -0.0400. The molecule has 0 saturated heterocycles. The molecule has 0 heterocycles. The molecule has 3 nitrogen and oxygen atoms in total. The number of nitrogens with zero attached hydrogens (tertiary/aromatic N) is 1. The molecular weight excluding hydrogens is 141 g/mol. The van der Waals surface area contributed by atoms with E-state index in [1.165, 1.54) is 0 Å². The Balaban J connectivity index is -0.000000149. The fourth-order valence-electron chi connectivity index (χ4n) is 0.328. The van der Waals surface area contributed by atoms with Crippen molar-refractivity contribution in [3.05, 3.63) is 6.57 Å². The Bertz CT molecular complexity index is 93.0. The molecule has 0 saturated carbocycles. The first kappa shape index (κ1) is 16.5. The second-order valence-electron chi connectivity index (χ2n) is 1.50. The summed E-state index contributed by atoms with van der Waals surface area (Å²) in [6.45, 7) is 6.73. The molecule has 0 fully saturated rings. The van der Waals surface area contributed by atoms with Crippen LogP contribution in [0.4, 0.5) is 0 Å². The minimum Gasteiger partial charge on any atom is -0.512 e. The van der Waals surface area contributed by atoms with E-state index in [4.69, 9.17) is 16.9 Å². The first-order chi connectivity index (χ1) is 4.27. The third kappa shape index (κ3) is 24.6. The number of unbranched alkanes of at least 4 members (excludes halogenated alkanes) is 1. The van der Waals surface area contributed by atoms with E-state index >= 15 is 0 Å². The van der Waals surface area contributed by atoms with Crippen molar-refractivity contribution in [3.8, 4) is 0 Å². The summed E-state index contributed by atoms with van der Waals surface area (Å²) in [5.74, 6) is -0.693. The van der Waals surface area contributed by atoms with Crippen LogP contribution in [0.2, 0.25) is 0 Å². The molecule has 0 aliphatic rings. The third-order valence-corrected chi connectivity index (χ3v) is 0.744. The Morgan fingerprint density at radius 2 is 2.00 bits per heavy atom. The molecule has 4 heteroatoms. The van der Waals surface area contributed by atoms with Gasteiger partial charge in [0.2, 0.25) is 0 Å². The molecule has 0 bridgehead atoms. The maximum atomic E-state index is 9.76. The van der Waals surface area contributed by atoms with Crippen molar-refractivity contribution in [2.45, 2.75) is 26.2 Å². The smallest absolute Gasteiger partial charge is 0.512 e. The van der Waals surface area contributed by atoms with E-state index in [0.717, 1.165) is 12.8 Å². The molecule has 52 valence electrons. The first-order valence-electron chi connectivity index (χ1n) is 2.71. The number of hydrogen-bond donors (Lipinski definition) is 1. The van der Waals surface area contributed by atoms with Crippen molar-refractivity contribution in [2.75, 3.05) is 0 Å². The fraction of sp³-hybridized carbons (Fsp3) is 0.667. The van der Waals surface area contributed by atoms with Gasteiger partial charge in [-0.2, -0.15) is 0 Å². The van der Waals surface area contributed by atoms with Crippen LogP contribution in [-0.2, 0) is 4.79 Å². The second kappa shape index (κ2) is 16.0. The van der Waals surface area contributed by atoms with Gasteiger partial charge in [0.05, 0.1) is 0 Å². The van der Waals surface area contributed by atoms with Crippen molar-refractivity contribution >= 4 is 5.97 Å². The van der Waals surface area contributed by atoms with Crippen LogP contribution in [0.5, 0.6) is 0 Å². The zero-order valence-corrected chi connectivity index (χ0v) is 8.42. The average Bonchev–Trinajstić information content (AvgIpc) is 1.88. The average molecular weight is 151 g/mol. The van der Waals surface area contributed by atoms with Gasteiger partial charge in [-0.25, -0.2) is 0 Å². The summed E-state index contributed by atoms with van der Waals surface area (Å²) in [6.07, 6.45) is 2.08. The Morgan fingerprint density at radius 3 is 2.10 bits per heavy atom. The van der Waals surface area contributed by atoms with Crippen LogP contribution in [0.1, 0.15) is 26.2 Å². The van der Waals surface area contributed by atoms with Crippen LogP contribution in [-0.4, -0.2) is 11.1 Å². The largest absolute Gasteiger partial charge is 1.00 e. The van der Waals surface area contributed by atoms with Crippen molar-refractivity contribution in [3.63, 3.8) is 0 Å². The second-order valence-corrected chi connectivity index (χ2v) is 1.50. The number of carboxylic acid groups (broad SMARTS) is 1. The maximum Gasteiger partial charge on any atom is 1.00 e. The van der Waals surface area contributed by atoms with E-state index in [0.29, 0.717) is 6.42 Å². The number of hydrogen-bond acceptors (Lipinski definition) is 2. The summed E-state index contributed by atoms with van der Waals surface area (Å²) >= 11 is 0. The summed E-state index contributed by atoms with van der Waals surface area (Å²) < 4.78 is 0. The van der Waals surface area contributed by atoms with Crippen molar-refractivity contribution in [2.24, 2.45) is 0 Å². The molecule has 0 aromatic carbocycles. The van der Waals surface area contributed by atoms with Gasteiger partial charge in [0, 0.05) is 6.42 Å². The summed E-state index contributed by atoms with van der Waals surface area (Å²) in [7, 11) is 0. The monoisotopic (exact) mass is 151 g/mol. The van der Waals surface area contributed by atoms with Gasteiger partial charge >= 0.3 is 35.5 Å². The zero-order chi connectivity index (χ0) is 7.70. The number of aliphatic carboxylic acids is 1.